The molecular formula is C12H16ClF4NO2. The number of hydrogen-bond acceptors (Lipinski definition) is 3. The third-order valence-electron chi connectivity index (χ3n) is 2.64. The van der Waals surface area contributed by atoms with Crippen LogP contribution in [0.5, 0.6) is 11.5 Å². The van der Waals surface area contributed by atoms with E-state index in [0.29, 0.717) is 0 Å². The maximum Gasteiger partial charge on any atom is 0.389 e. The van der Waals surface area contributed by atoms with Gasteiger partial charge in [0.2, 0.25) is 0 Å². The van der Waals surface area contributed by atoms with Crippen LogP contribution in [0.3, 0.4) is 0 Å². The molecule has 0 radical (unpaired) electrons. The molecule has 0 saturated carbocycles. The van der Waals surface area contributed by atoms with Crippen molar-refractivity contribution in [1.29, 1.82) is 0 Å². The lowest BCUT2D eigenvalue weighted by Gasteiger charge is -2.16. The van der Waals surface area contributed by atoms with Crippen molar-refractivity contribution in [3.05, 3.63) is 23.5 Å². The predicted molar refractivity (Wildman–Crippen MR) is 69.0 cm³/mol. The molecule has 0 saturated heterocycles. The van der Waals surface area contributed by atoms with Gasteiger partial charge in [-0.1, -0.05) is 0 Å². The van der Waals surface area contributed by atoms with Crippen LogP contribution in [0.4, 0.5) is 17.6 Å². The molecule has 0 aromatic heterocycles. The van der Waals surface area contributed by atoms with E-state index in [2.05, 4.69) is 0 Å². The van der Waals surface area contributed by atoms with Crippen molar-refractivity contribution in [3.8, 4) is 11.5 Å². The summed E-state index contributed by atoms with van der Waals surface area (Å²) in [5.41, 5.74) is 5.56. The summed E-state index contributed by atoms with van der Waals surface area (Å²) in [4.78, 5) is 0. The Morgan fingerprint density at radius 3 is 2.10 bits per heavy atom. The molecule has 8 heteroatoms. The lowest BCUT2D eigenvalue weighted by Crippen LogP contribution is -2.17. The van der Waals surface area contributed by atoms with E-state index in [9.17, 15) is 17.6 Å². The Balaban J connectivity index is 0.00000361. The Kier molecular flexibility index (Phi) is 7.08. The summed E-state index contributed by atoms with van der Waals surface area (Å²) in [6.45, 7) is 0. The third-order valence-corrected chi connectivity index (χ3v) is 2.64. The Labute approximate surface area is 120 Å². The number of methoxy groups -OCH3 is 2. The monoisotopic (exact) mass is 317 g/mol. The molecule has 0 unspecified atom stereocenters. The van der Waals surface area contributed by atoms with Crippen LogP contribution >= 0.6 is 12.4 Å². The van der Waals surface area contributed by atoms with Crippen molar-refractivity contribution in [1.82, 2.24) is 0 Å². The van der Waals surface area contributed by atoms with E-state index in [0.717, 1.165) is 6.07 Å². The summed E-state index contributed by atoms with van der Waals surface area (Å²) in [5.74, 6) is -0.333. The van der Waals surface area contributed by atoms with Gasteiger partial charge in [0.1, 0.15) is 5.82 Å². The second-order valence-electron chi connectivity index (χ2n) is 3.99. The van der Waals surface area contributed by atoms with E-state index in [1.165, 1.54) is 20.3 Å². The van der Waals surface area contributed by atoms with Crippen molar-refractivity contribution in [2.75, 3.05) is 14.2 Å². The Morgan fingerprint density at radius 1 is 1.15 bits per heavy atom. The first-order chi connectivity index (χ1) is 8.78. The van der Waals surface area contributed by atoms with Crippen LogP contribution < -0.4 is 15.2 Å². The van der Waals surface area contributed by atoms with Crippen LogP contribution in [0.25, 0.3) is 0 Å². The van der Waals surface area contributed by atoms with Crippen molar-refractivity contribution in [2.45, 2.75) is 25.1 Å². The van der Waals surface area contributed by atoms with Gasteiger partial charge in [0.25, 0.3) is 0 Å². The fraction of sp³-hybridized carbons (Fsp3) is 0.500. The molecule has 0 heterocycles. The Bertz CT molecular complexity index is 440. The Hall–Kier alpha value is -1.21. The molecule has 0 aliphatic carbocycles. The minimum atomic E-state index is -4.31. The molecule has 0 spiro atoms. The minimum absolute atomic E-state index is 0. The molecule has 0 bridgehead atoms. The number of alkyl halides is 3. The zero-order chi connectivity index (χ0) is 14.6. The summed E-state index contributed by atoms with van der Waals surface area (Å²) >= 11 is 0. The molecule has 0 fully saturated rings. The van der Waals surface area contributed by atoms with Crippen molar-refractivity contribution < 1.29 is 27.0 Å². The van der Waals surface area contributed by atoms with E-state index in [1.807, 2.05) is 0 Å². The topological polar surface area (TPSA) is 44.5 Å². The molecule has 1 rings (SSSR count). The summed E-state index contributed by atoms with van der Waals surface area (Å²) in [6.07, 6.45) is -5.78. The first kappa shape index (κ1) is 18.8. The van der Waals surface area contributed by atoms with Gasteiger partial charge in [0.05, 0.1) is 14.2 Å². The molecule has 0 amide bonds. The largest absolute Gasteiger partial charge is 0.493 e. The summed E-state index contributed by atoms with van der Waals surface area (Å²) < 4.78 is 59.9. The van der Waals surface area contributed by atoms with E-state index in [1.54, 1.807) is 0 Å². The molecule has 2 N–H and O–H groups in total. The summed E-state index contributed by atoms with van der Waals surface area (Å²) in [6, 6.07) is 1.25. The van der Waals surface area contributed by atoms with Crippen LogP contribution in [-0.2, 0) is 0 Å². The molecule has 1 aromatic rings. The molecule has 1 aromatic carbocycles. The highest BCUT2D eigenvalue weighted by molar-refractivity contribution is 5.85. The van der Waals surface area contributed by atoms with Crippen LogP contribution in [0, 0.1) is 5.82 Å². The molecular weight excluding hydrogens is 302 g/mol. The fourth-order valence-corrected chi connectivity index (χ4v) is 1.63. The SMILES string of the molecule is COc1cc(F)c([C@@H](N)CCC(F)(F)F)cc1OC.Cl. The van der Waals surface area contributed by atoms with E-state index >= 15 is 0 Å². The molecule has 1 atom stereocenters. The zero-order valence-electron chi connectivity index (χ0n) is 11.0. The van der Waals surface area contributed by atoms with Crippen LogP contribution in [-0.4, -0.2) is 20.4 Å². The molecule has 3 nitrogen and oxygen atoms in total. The van der Waals surface area contributed by atoms with Crippen LogP contribution in [0.2, 0.25) is 0 Å². The maximum atomic E-state index is 13.7. The second-order valence-corrected chi connectivity index (χ2v) is 3.99. The maximum absolute atomic E-state index is 13.7. The Morgan fingerprint density at radius 2 is 1.65 bits per heavy atom. The normalized spacial score (nSPS) is 12.6. The highest BCUT2D eigenvalue weighted by Crippen LogP contribution is 2.34. The highest BCUT2D eigenvalue weighted by atomic mass is 35.5. The molecule has 0 aliphatic heterocycles. The molecule has 0 aliphatic rings. The summed E-state index contributed by atoms with van der Waals surface area (Å²) in [5, 5.41) is 0. The van der Waals surface area contributed by atoms with E-state index in [-0.39, 0.29) is 29.5 Å². The first-order valence-corrected chi connectivity index (χ1v) is 5.52. The lowest BCUT2D eigenvalue weighted by atomic mass is 10.0. The van der Waals surface area contributed by atoms with Gasteiger partial charge in [-0.05, 0) is 12.5 Å². The first-order valence-electron chi connectivity index (χ1n) is 5.52. The van der Waals surface area contributed by atoms with Gasteiger partial charge in [0, 0.05) is 24.1 Å². The van der Waals surface area contributed by atoms with Gasteiger partial charge in [-0.3, -0.25) is 0 Å². The number of benzene rings is 1. The number of halogens is 5. The second kappa shape index (κ2) is 7.54. The zero-order valence-corrected chi connectivity index (χ0v) is 11.8. The smallest absolute Gasteiger partial charge is 0.389 e. The number of hydrogen-bond donors (Lipinski definition) is 1. The third kappa shape index (κ3) is 5.05. The summed E-state index contributed by atoms with van der Waals surface area (Å²) in [7, 11) is 2.68. The average molecular weight is 318 g/mol. The number of nitrogens with two attached hydrogens (primary N) is 1. The number of rotatable bonds is 5. The van der Waals surface area contributed by atoms with Gasteiger partial charge in [0.15, 0.2) is 11.5 Å². The minimum Gasteiger partial charge on any atom is -0.493 e. The van der Waals surface area contributed by atoms with Gasteiger partial charge in [-0.15, -0.1) is 12.4 Å². The average Bonchev–Trinajstić information content (AvgIpc) is 2.34. The van der Waals surface area contributed by atoms with E-state index < -0.39 is 30.9 Å². The van der Waals surface area contributed by atoms with E-state index in [4.69, 9.17) is 15.2 Å². The quantitative estimate of drug-likeness (QED) is 0.844. The molecule has 116 valence electrons. The van der Waals surface area contributed by atoms with Crippen LogP contribution in [0.1, 0.15) is 24.4 Å². The lowest BCUT2D eigenvalue weighted by molar-refractivity contribution is -0.136. The van der Waals surface area contributed by atoms with Gasteiger partial charge in [-0.25, -0.2) is 4.39 Å². The van der Waals surface area contributed by atoms with Crippen LogP contribution in [0.15, 0.2) is 12.1 Å². The van der Waals surface area contributed by atoms with Gasteiger partial charge < -0.3 is 15.2 Å². The fourth-order valence-electron chi connectivity index (χ4n) is 1.63. The van der Waals surface area contributed by atoms with Crippen molar-refractivity contribution in [2.24, 2.45) is 5.73 Å². The number of ether oxygens (including phenoxy) is 2. The molecule has 20 heavy (non-hydrogen) atoms. The predicted octanol–water partition coefficient (Wildman–Crippen LogP) is 3.61. The van der Waals surface area contributed by atoms with Gasteiger partial charge >= 0.3 is 6.18 Å². The highest BCUT2D eigenvalue weighted by Gasteiger charge is 2.28. The standard InChI is InChI=1S/C12H15F4NO2.ClH/c1-18-10-5-7(8(13)6-11(10)19-2)9(17)3-4-12(14,15)16;/h5-6,9H,3-4,17H2,1-2H3;1H/t9-;/m0./s1. The van der Waals surface area contributed by atoms with Crippen molar-refractivity contribution in [3.63, 3.8) is 0 Å². The van der Waals surface area contributed by atoms with Crippen molar-refractivity contribution >= 4 is 12.4 Å². The van der Waals surface area contributed by atoms with Gasteiger partial charge in [-0.2, -0.15) is 13.2 Å².